The van der Waals surface area contributed by atoms with Crippen LogP contribution in [-0.4, -0.2) is 39.8 Å². The largest absolute Gasteiger partial charge is 0.481 e. The molecule has 0 saturated heterocycles. The fourth-order valence-corrected chi connectivity index (χ4v) is 5.06. The van der Waals surface area contributed by atoms with Gasteiger partial charge in [0.15, 0.2) is 5.96 Å². The number of carboxylic acids is 1. The normalized spacial score (nSPS) is 17.9. The molecule has 1 unspecified atom stereocenters. The highest BCUT2D eigenvalue weighted by atomic mass is 127. The predicted molar refractivity (Wildman–Crippen MR) is 126 cm³/mol. The molecule has 1 aliphatic carbocycles. The molecule has 0 aromatic heterocycles. The first kappa shape index (κ1) is 23.9. The number of rotatable bonds is 8. The Hall–Kier alpha value is -2.41. The van der Waals surface area contributed by atoms with Gasteiger partial charge in [-0.25, -0.2) is 0 Å². The van der Waals surface area contributed by atoms with Crippen molar-refractivity contribution in [1.29, 1.82) is 5.41 Å². The minimum absolute atomic E-state index is 0.0143. The van der Waals surface area contributed by atoms with Crippen LogP contribution in [-0.2, 0) is 9.59 Å². The number of hydrogen-bond donors (Lipinski definition) is 6. The summed E-state index contributed by atoms with van der Waals surface area (Å²) >= 11 is 5.62. The zero-order chi connectivity index (χ0) is 22.3. The Morgan fingerprint density at radius 3 is 2.73 bits per heavy atom. The van der Waals surface area contributed by atoms with Crippen molar-refractivity contribution in [1.82, 2.24) is 10.6 Å². The van der Waals surface area contributed by atoms with E-state index in [9.17, 15) is 14.4 Å². The molecular formula is C19H21BrIN5O4. The Morgan fingerprint density at radius 1 is 1.33 bits per heavy atom. The van der Waals surface area contributed by atoms with Gasteiger partial charge < -0.3 is 26.8 Å². The summed E-state index contributed by atoms with van der Waals surface area (Å²) in [5.41, 5.74) is 6.98. The van der Waals surface area contributed by atoms with Gasteiger partial charge in [-0.05, 0) is 59.4 Å². The van der Waals surface area contributed by atoms with Crippen LogP contribution in [0.2, 0.25) is 0 Å². The van der Waals surface area contributed by atoms with Gasteiger partial charge in [0.25, 0.3) is 5.91 Å². The summed E-state index contributed by atoms with van der Waals surface area (Å²) in [4.78, 5) is 35.5. The van der Waals surface area contributed by atoms with Crippen LogP contribution in [0.3, 0.4) is 0 Å². The average molecular weight is 590 g/mol. The summed E-state index contributed by atoms with van der Waals surface area (Å²) in [6, 6.07) is 6.39. The molecule has 1 aliphatic rings. The Balaban J connectivity index is 1.92. The Labute approximate surface area is 195 Å². The number of allylic oxidation sites excluding steroid dienone is 2. The van der Waals surface area contributed by atoms with Crippen molar-refractivity contribution in [3.63, 3.8) is 0 Å². The zero-order valence-electron chi connectivity index (χ0n) is 15.8. The minimum Gasteiger partial charge on any atom is -0.481 e. The molecule has 2 amide bonds. The molecule has 0 heterocycles. The lowest BCUT2D eigenvalue weighted by Gasteiger charge is -2.30. The number of carbonyl (C=O) groups excluding carboxylic acids is 2. The van der Waals surface area contributed by atoms with Crippen LogP contribution in [0.5, 0.6) is 0 Å². The van der Waals surface area contributed by atoms with E-state index < -0.39 is 22.2 Å². The van der Waals surface area contributed by atoms with E-state index in [0.29, 0.717) is 24.1 Å². The van der Waals surface area contributed by atoms with E-state index >= 15 is 0 Å². The molecule has 160 valence electrons. The van der Waals surface area contributed by atoms with Crippen LogP contribution in [0.4, 0.5) is 5.69 Å². The number of benzene rings is 1. The van der Waals surface area contributed by atoms with Crippen LogP contribution in [0, 0.1) is 5.41 Å². The lowest BCUT2D eigenvalue weighted by Crippen LogP contribution is -2.47. The smallest absolute Gasteiger partial charge is 0.303 e. The zero-order valence-corrected chi connectivity index (χ0v) is 19.5. The van der Waals surface area contributed by atoms with E-state index in [1.165, 1.54) is 6.07 Å². The van der Waals surface area contributed by atoms with Crippen LogP contribution >= 0.6 is 38.5 Å². The number of carbonyl (C=O) groups is 3. The molecule has 1 aromatic rings. The van der Waals surface area contributed by atoms with E-state index in [4.69, 9.17) is 16.2 Å². The van der Waals surface area contributed by atoms with E-state index in [1.807, 2.05) is 12.2 Å². The molecule has 0 fully saturated rings. The highest BCUT2D eigenvalue weighted by molar-refractivity contribution is 14.1. The number of halogens is 2. The molecule has 0 bridgehead atoms. The summed E-state index contributed by atoms with van der Waals surface area (Å²) in [7, 11) is 0. The Kier molecular flexibility index (Phi) is 8.41. The Bertz CT molecular complexity index is 933. The highest BCUT2D eigenvalue weighted by Crippen LogP contribution is 2.35. The second kappa shape index (κ2) is 10.6. The van der Waals surface area contributed by atoms with E-state index in [0.717, 1.165) is 9.15 Å². The maximum atomic E-state index is 12.4. The number of hydrogen-bond acceptors (Lipinski definition) is 4. The minimum atomic E-state index is -0.880. The molecular weight excluding hydrogens is 569 g/mol. The number of carboxylic acid groups (broad SMARTS) is 1. The van der Waals surface area contributed by atoms with Gasteiger partial charge >= 0.3 is 5.97 Å². The molecule has 0 radical (unpaired) electrons. The number of aliphatic carboxylic acids is 1. The third kappa shape index (κ3) is 7.78. The van der Waals surface area contributed by atoms with Crippen molar-refractivity contribution in [2.45, 2.75) is 23.7 Å². The van der Waals surface area contributed by atoms with E-state index in [-0.39, 0.29) is 18.9 Å². The second-order valence-electron chi connectivity index (χ2n) is 6.62. The molecule has 0 aliphatic heterocycles. The quantitative estimate of drug-likeness (QED) is 0.0899. The highest BCUT2D eigenvalue weighted by Gasteiger charge is 2.30. The van der Waals surface area contributed by atoms with Crippen molar-refractivity contribution < 1.29 is 19.5 Å². The maximum Gasteiger partial charge on any atom is 0.303 e. The van der Waals surface area contributed by atoms with Crippen LogP contribution in [0.15, 0.2) is 45.6 Å². The average Bonchev–Trinajstić information content (AvgIpc) is 2.63. The monoisotopic (exact) mass is 589 g/mol. The molecule has 9 nitrogen and oxygen atoms in total. The van der Waals surface area contributed by atoms with Crippen LogP contribution in [0.25, 0.3) is 0 Å². The van der Waals surface area contributed by atoms with Crippen molar-refractivity contribution in [3.8, 4) is 0 Å². The third-order valence-electron chi connectivity index (χ3n) is 4.01. The number of amides is 2. The van der Waals surface area contributed by atoms with Crippen LogP contribution in [0.1, 0.15) is 29.6 Å². The maximum absolute atomic E-state index is 12.4. The summed E-state index contributed by atoms with van der Waals surface area (Å²) in [5, 5.41) is 24.1. The summed E-state index contributed by atoms with van der Waals surface area (Å²) in [5.74, 6) is -1.98. The topological polar surface area (TPSA) is 157 Å². The lowest BCUT2D eigenvalue weighted by molar-refractivity contribution is -0.137. The first-order chi connectivity index (χ1) is 14.1. The summed E-state index contributed by atoms with van der Waals surface area (Å²) in [6.07, 6.45) is 4.55. The molecule has 0 spiro atoms. The second-order valence-corrected chi connectivity index (χ2v) is 9.28. The Morgan fingerprint density at radius 2 is 2.07 bits per heavy atom. The van der Waals surface area contributed by atoms with Gasteiger partial charge in [0.1, 0.15) is 4.45 Å². The lowest BCUT2D eigenvalue weighted by atomic mass is 9.96. The molecule has 0 saturated carbocycles. The van der Waals surface area contributed by atoms with E-state index in [1.54, 1.807) is 18.2 Å². The van der Waals surface area contributed by atoms with Gasteiger partial charge in [-0.1, -0.05) is 27.6 Å². The predicted octanol–water partition coefficient (Wildman–Crippen LogP) is 2.44. The van der Waals surface area contributed by atoms with Gasteiger partial charge in [-0.2, -0.15) is 0 Å². The summed E-state index contributed by atoms with van der Waals surface area (Å²) in [6.45, 7) is -0.241. The van der Waals surface area contributed by atoms with Crippen molar-refractivity contribution in [2.24, 2.45) is 5.73 Å². The van der Waals surface area contributed by atoms with Gasteiger partial charge in [-0.3, -0.25) is 19.8 Å². The van der Waals surface area contributed by atoms with Gasteiger partial charge in [0.2, 0.25) is 5.91 Å². The molecule has 11 heteroatoms. The van der Waals surface area contributed by atoms with Crippen molar-refractivity contribution in [3.05, 3.63) is 51.1 Å². The number of nitrogens with two attached hydrogens (primary N) is 1. The molecule has 30 heavy (non-hydrogen) atoms. The summed E-state index contributed by atoms with van der Waals surface area (Å²) < 4.78 is 0.0226. The standard InChI is InChI=1S/C19H21BrIN5O4/c20-19(8-11(4-5-16(28)29)6-13(21)9-19)26-15(27)10-24-17(30)12-2-1-3-14(7-12)25-18(22)23/h1-3,6-7,9H,4-5,8,10H2,(H,24,30)(H,26,27)(H,28,29)(H4,22,23,25). The van der Waals surface area contributed by atoms with Crippen molar-refractivity contribution >= 4 is 68.0 Å². The number of nitrogens with one attached hydrogen (secondary N) is 4. The fraction of sp³-hybridized carbons (Fsp3) is 0.263. The fourth-order valence-electron chi connectivity index (χ4n) is 2.83. The molecule has 7 N–H and O–H groups in total. The van der Waals surface area contributed by atoms with Gasteiger partial charge in [0.05, 0.1) is 6.54 Å². The molecule has 2 rings (SSSR count). The van der Waals surface area contributed by atoms with Gasteiger partial charge in [0, 0.05) is 27.7 Å². The first-order valence-electron chi connectivity index (χ1n) is 8.85. The number of alkyl halides is 1. The van der Waals surface area contributed by atoms with Gasteiger partial charge in [-0.15, -0.1) is 0 Å². The first-order valence-corrected chi connectivity index (χ1v) is 10.7. The van der Waals surface area contributed by atoms with E-state index in [2.05, 4.69) is 54.5 Å². The third-order valence-corrected chi connectivity index (χ3v) is 5.34. The SMILES string of the molecule is N=C(N)Nc1cccc(C(=O)NCC(=O)NC2(Br)C=C(I)C=C(CCC(=O)O)C2)c1. The molecule has 1 atom stereocenters. The number of anilines is 1. The number of guanidine groups is 1. The van der Waals surface area contributed by atoms with Crippen LogP contribution < -0.4 is 21.7 Å². The molecule has 1 aromatic carbocycles. The van der Waals surface area contributed by atoms with Crippen molar-refractivity contribution in [2.75, 3.05) is 11.9 Å².